The Bertz CT molecular complexity index is 557. The number of aryl methyl sites for hydroxylation is 1. The van der Waals surface area contributed by atoms with Crippen LogP contribution in [0.25, 0.3) is 0 Å². The molecule has 3 heterocycles. The summed E-state index contributed by atoms with van der Waals surface area (Å²) >= 11 is 0. The van der Waals surface area contributed by atoms with Gasteiger partial charge in [-0.2, -0.15) is 0 Å². The first-order chi connectivity index (χ1) is 11.8. The molecule has 25 heavy (non-hydrogen) atoms. The topological polar surface area (TPSA) is 43.8 Å². The Labute approximate surface area is 169 Å². The molecule has 3 rings (SSSR count). The molecule has 5 nitrogen and oxygen atoms in total. The fourth-order valence-corrected chi connectivity index (χ4v) is 3.93. The predicted molar refractivity (Wildman–Crippen MR) is 115 cm³/mol. The summed E-state index contributed by atoms with van der Waals surface area (Å²) in [6.45, 7) is 9.19. The summed E-state index contributed by atoms with van der Waals surface area (Å²) in [6.07, 6.45) is 8.88. The minimum Gasteiger partial charge on any atom is -0.356 e. The molecule has 0 radical (unpaired) electrons. The van der Waals surface area contributed by atoms with E-state index in [2.05, 4.69) is 38.1 Å². The highest BCUT2D eigenvalue weighted by Crippen LogP contribution is 2.20. The molecule has 1 aromatic heterocycles. The molecule has 6 heteroatoms. The van der Waals surface area contributed by atoms with Gasteiger partial charge in [0, 0.05) is 45.6 Å². The van der Waals surface area contributed by atoms with Crippen LogP contribution in [-0.2, 0) is 6.42 Å². The Morgan fingerprint density at radius 3 is 2.84 bits per heavy atom. The van der Waals surface area contributed by atoms with Crippen LogP contribution in [0.5, 0.6) is 0 Å². The molecular formula is C19H32IN5. The molecule has 1 aromatic rings. The second kappa shape index (κ2) is 10.3. The molecule has 0 bridgehead atoms. The molecule has 2 fully saturated rings. The molecule has 0 spiro atoms. The second-order valence-electron chi connectivity index (χ2n) is 7.13. The Morgan fingerprint density at radius 1 is 1.32 bits per heavy atom. The number of nitrogens with zero attached hydrogens (tertiary/aromatic N) is 4. The standard InChI is InChI=1S/C19H31N5.HI/c1-16-13-21-8-5-18(16)6-9-22-19(20-2)24-12-7-17(15-24)14-23-10-3-4-11-23;/h5,8,13,17H,3-4,6-7,9-12,14-15H2,1-2H3,(H,20,22);1H. The van der Waals surface area contributed by atoms with Gasteiger partial charge in [0.2, 0.25) is 0 Å². The van der Waals surface area contributed by atoms with Gasteiger partial charge in [-0.25, -0.2) is 0 Å². The number of aliphatic imine (C=N–C) groups is 1. The highest BCUT2D eigenvalue weighted by molar-refractivity contribution is 14.0. The Hall–Kier alpha value is -0.890. The summed E-state index contributed by atoms with van der Waals surface area (Å²) in [7, 11) is 1.90. The molecule has 1 atom stereocenters. The van der Waals surface area contributed by atoms with Crippen LogP contribution in [0.2, 0.25) is 0 Å². The average Bonchev–Trinajstić information content (AvgIpc) is 3.26. The van der Waals surface area contributed by atoms with Gasteiger partial charge in [-0.05, 0) is 68.8 Å². The molecule has 2 aliphatic rings. The number of aromatic nitrogens is 1. The van der Waals surface area contributed by atoms with Gasteiger partial charge >= 0.3 is 0 Å². The number of nitrogens with one attached hydrogen (secondary N) is 1. The summed E-state index contributed by atoms with van der Waals surface area (Å²) in [5, 5.41) is 3.54. The van der Waals surface area contributed by atoms with E-state index in [1.807, 2.05) is 19.4 Å². The normalized spacial score (nSPS) is 21.4. The second-order valence-corrected chi connectivity index (χ2v) is 7.13. The van der Waals surface area contributed by atoms with E-state index in [9.17, 15) is 0 Å². The van der Waals surface area contributed by atoms with Crippen molar-refractivity contribution in [3.8, 4) is 0 Å². The smallest absolute Gasteiger partial charge is 0.193 e. The maximum atomic E-state index is 4.50. The zero-order valence-electron chi connectivity index (χ0n) is 15.6. The fourth-order valence-electron chi connectivity index (χ4n) is 3.93. The molecule has 0 aliphatic carbocycles. The van der Waals surface area contributed by atoms with Crippen molar-refractivity contribution in [2.45, 2.75) is 32.6 Å². The number of guanidine groups is 1. The quantitative estimate of drug-likeness (QED) is 0.420. The minimum absolute atomic E-state index is 0. The minimum atomic E-state index is 0. The molecule has 0 amide bonds. The van der Waals surface area contributed by atoms with E-state index in [1.54, 1.807) is 0 Å². The summed E-state index contributed by atoms with van der Waals surface area (Å²) < 4.78 is 0. The van der Waals surface area contributed by atoms with Gasteiger partial charge in [0.15, 0.2) is 5.96 Å². The molecular weight excluding hydrogens is 425 g/mol. The maximum Gasteiger partial charge on any atom is 0.193 e. The van der Waals surface area contributed by atoms with Gasteiger partial charge in [-0.15, -0.1) is 24.0 Å². The summed E-state index contributed by atoms with van der Waals surface area (Å²) in [5.74, 6) is 1.86. The van der Waals surface area contributed by atoms with Crippen molar-refractivity contribution < 1.29 is 0 Å². The maximum absolute atomic E-state index is 4.50. The van der Waals surface area contributed by atoms with Gasteiger partial charge in [0.25, 0.3) is 0 Å². The van der Waals surface area contributed by atoms with E-state index in [4.69, 9.17) is 0 Å². The first kappa shape index (κ1) is 20.4. The van der Waals surface area contributed by atoms with Gasteiger partial charge < -0.3 is 15.1 Å². The first-order valence-corrected chi connectivity index (χ1v) is 9.33. The van der Waals surface area contributed by atoms with Gasteiger partial charge in [0.1, 0.15) is 0 Å². The van der Waals surface area contributed by atoms with Crippen LogP contribution in [0, 0.1) is 12.8 Å². The third-order valence-electron chi connectivity index (χ3n) is 5.33. The molecule has 0 saturated carbocycles. The van der Waals surface area contributed by atoms with Crippen LogP contribution in [0.3, 0.4) is 0 Å². The molecule has 1 N–H and O–H groups in total. The number of hydrogen-bond donors (Lipinski definition) is 1. The lowest BCUT2D eigenvalue weighted by atomic mass is 10.1. The number of hydrogen-bond acceptors (Lipinski definition) is 3. The number of pyridine rings is 1. The first-order valence-electron chi connectivity index (χ1n) is 9.33. The zero-order chi connectivity index (χ0) is 16.8. The van der Waals surface area contributed by atoms with Crippen LogP contribution >= 0.6 is 24.0 Å². The molecule has 0 aromatic carbocycles. The molecule has 2 saturated heterocycles. The van der Waals surface area contributed by atoms with Crippen LogP contribution < -0.4 is 5.32 Å². The van der Waals surface area contributed by atoms with Crippen molar-refractivity contribution in [3.05, 3.63) is 29.6 Å². The Morgan fingerprint density at radius 2 is 2.12 bits per heavy atom. The van der Waals surface area contributed by atoms with E-state index in [1.165, 1.54) is 50.0 Å². The van der Waals surface area contributed by atoms with Crippen molar-refractivity contribution in [1.29, 1.82) is 0 Å². The van der Waals surface area contributed by atoms with E-state index in [0.29, 0.717) is 0 Å². The van der Waals surface area contributed by atoms with E-state index < -0.39 is 0 Å². The van der Waals surface area contributed by atoms with E-state index in [-0.39, 0.29) is 24.0 Å². The van der Waals surface area contributed by atoms with Crippen molar-refractivity contribution >= 4 is 29.9 Å². The Kier molecular flexibility index (Phi) is 8.42. The summed E-state index contributed by atoms with van der Waals surface area (Å²) in [4.78, 5) is 13.7. The third kappa shape index (κ3) is 5.81. The fraction of sp³-hybridized carbons (Fsp3) is 0.684. The highest BCUT2D eigenvalue weighted by atomic mass is 127. The average molecular weight is 457 g/mol. The van der Waals surface area contributed by atoms with E-state index >= 15 is 0 Å². The SMILES string of the molecule is CN=C(NCCc1ccncc1C)N1CCC(CN2CCCC2)C1.I. The molecule has 140 valence electrons. The Balaban J connectivity index is 0.00000225. The zero-order valence-corrected chi connectivity index (χ0v) is 17.9. The number of rotatable bonds is 5. The number of halogens is 1. The van der Waals surface area contributed by atoms with Crippen LogP contribution in [-0.4, -0.2) is 67.1 Å². The van der Waals surface area contributed by atoms with Crippen molar-refractivity contribution in [2.24, 2.45) is 10.9 Å². The molecule has 1 unspecified atom stereocenters. The predicted octanol–water partition coefficient (Wildman–Crippen LogP) is 2.54. The molecule has 2 aliphatic heterocycles. The van der Waals surface area contributed by atoms with Crippen LogP contribution in [0.1, 0.15) is 30.4 Å². The highest BCUT2D eigenvalue weighted by Gasteiger charge is 2.27. The van der Waals surface area contributed by atoms with Crippen molar-refractivity contribution in [1.82, 2.24) is 20.1 Å². The third-order valence-corrected chi connectivity index (χ3v) is 5.33. The van der Waals surface area contributed by atoms with Gasteiger partial charge in [0.05, 0.1) is 0 Å². The summed E-state index contributed by atoms with van der Waals surface area (Å²) in [6, 6.07) is 2.11. The lowest BCUT2D eigenvalue weighted by Crippen LogP contribution is -2.41. The van der Waals surface area contributed by atoms with Gasteiger partial charge in [-0.3, -0.25) is 9.98 Å². The van der Waals surface area contributed by atoms with Crippen molar-refractivity contribution in [2.75, 3.05) is 46.3 Å². The monoisotopic (exact) mass is 457 g/mol. The van der Waals surface area contributed by atoms with Crippen LogP contribution in [0.4, 0.5) is 0 Å². The lowest BCUT2D eigenvalue weighted by molar-refractivity contribution is 0.281. The lowest BCUT2D eigenvalue weighted by Gasteiger charge is -2.23. The van der Waals surface area contributed by atoms with Gasteiger partial charge in [-0.1, -0.05) is 0 Å². The summed E-state index contributed by atoms with van der Waals surface area (Å²) in [5.41, 5.74) is 2.63. The largest absolute Gasteiger partial charge is 0.356 e. The van der Waals surface area contributed by atoms with Crippen LogP contribution in [0.15, 0.2) is 23.5 Å². The number of likely N-dealkylation sites (tertiary alicyclic amines) is 2. The van der Waals surface area contributed by atoms with Crippen molar-refractivity contribution in [3.63, 3.8) is 0 Å². The van der Waals surface area contributed by atoms with E-state index in [0.717, 1.165) is 37.9 Å².